The molecule has 32 heavy (non-hydrogen) atoms. The van der Waals surface area contributed by atoms with Gasteiger partial charge in [0.15, 0.2) is 0 Å². The predicted octanol–water partition coefficient (Wildman–Crippen LogP) is 5.66. The molecule has 0 spiro atoms. The van der Waals surface area contributed by atoms with Crippen LogP contribution in [0.25, 0.3) is 0 Å². The van der Waals surface area contributed by atoms with E-state index in [9.17, 15) is 4.79 Å². The van der Waals surface area contributed by atoms with Crippen molar-refractivity contribution in [2.75, 3.05) is 26.2 Å². The molecule has 1 saturated heterocycles. The van der Waals surface area contributed by atoms with Gasteiger partial charge in [-0.3, -0.25) is 4.79 Å². The van der Waals surface area contributed by atoms with Crippen molar-refractivity contribution in [2.24, 2.45) is 0 Å². The molecule has 1 fully saturated rings. The van der Waals surface area contributed by atoms with Crippen LogP contribution in [0.1, 0.15) is 70.4 Å². The first-order chi connectivity index (χ1) is 15.3. The number of rotatable bonds is 8. The van der Waals surface area contributed by atoms with Gasteiger partial charge in [0.05, 0.1) is 0 Å². The highest BCUT2D eigenvalue weighted by Gasteiger charge is 2.38. The maximum atomic E-state index is 13.1. The first kappa shape index (κ1) is 24.2. The highest BCUT2D eigenvalue weighted by atomic mass is 16.1. The number of nitrogens with zero attached hydrogens (tertiary/aromatic N) is 2. The summed E-state index contributed by atoms with van der Waals surface area (Å²) in [6.07, 6.45) is 6.18. The van der Waals surface area contributed by atoms with E-state index in [2.05, 4.69) is 80.2 Å². The molecule has 0 aliphatic carbocycles. The number of piperidine rings is 1. The lowest BCUT2D eigenvalue weighted by molar-refractivity contribution is -0.117. The van der Waals surface area contributed by atoms with Gasteiger partial charge >= 0.3 is 0 Å². The number of allylic oxidation sites excluding steroid dienone is 2. The van der Waals surface area contributed by atoms with Gasteiger partial charge in [-0.05, 0) is 64.0 Å². The molecule has 1 aromatic rings. The zero-order chi connectivity index (χ0) is 23.3. The van der Waals surface area contributed by atoms with Gasteiger partial charge in [-0.25, -0.2) is 0 Å². The fourth-order valence-electron chi connectivity index (χ4n) is 5.37. The Labute approximate surface area is 195 Å². The Bertz CT molecular complexity index is 890. The van der Waals surface area contributed by atoms with Gasteiger partial charge < -0.3 is 15.1 Å². The first-order valence-electron chi connectivity index (χ1n) is 12.2. The van der Waals surface area contributed by atoms with E-state index in [4.69, 9.17) is 0 Å². The van der Waals surface area contributed by atoms with Crippen molar-refractivity contribution >= 4 is 5.91 Å². The lowest BCUT2D eigenvalue weighted by Gasteiger charge is -2.45. The van der Waals surface area contributed by atoms with Crippen LogP contribution in [0.5, 0.6) is 0 Å². The molecule has 2 aliphatic rings. The molecule has 1 N–H and O–H groups in total. The van der Waals surface area contributed by atoms with E-state index in [0.29, 0.717) is 0 Å². The molecule has 174 valence electrons. The second kappa shape index (κ2) is 10.4. The molecule has 4 nitrogen and oxygen atoms in total. The summed E-state index contributed by atoms with van der Waals surface area (Å²) in [7, 11) is 0. The number of likely N-dealkylation sites (tertiary alicyclic amines) is 1. The molecule has 0 saturated carbocycles. The molecule has 1 amide bonds. The van der Waals surface area contributed by atoms with Crippen LogP contribution in [-0.2, 0) is 10.2 Å². The second-order valence-corrected chi connectivity index (χ2v) is 9.57. The number of aryl methyl sites for hydroxylation is 1. The molecule has 3 rings (SSSR count). The van der Waals surface area contributed by atoms with Crippen molar-refractivity contribution in [2.45, 2.75) is 71.6 Å². The van der Waals surface area contributed by atoms with Crippen molar-refractivity contribution < 1.29 is 4.79 Å². The Morgan fingerprint density at radius 1 is 1.12 bits per heavy atom. The number of unbranched alkanes of at least 4 members (excludes halogenated alkanes) is 1. The van der Waals surface area contributed by atoms with Gasteiger partial charge in [0.2, 0.25) is 0 Å². The molecule has 4 heteroatoms. The van der Waals surface area contributed by atoms with Crippen molar-refractivity contribution in [3.63, 3.8) is 0 Å². The van der Waals surface area contributed by atoms with Gasteiger partial charge in [-0.15, -0.1) is 0 Å². The fourth-order valence-corrected chi connectivity index (χ4v) is 5.37. The Kier molecular flexibility index (Phi) is 7.86. The third-order valence-corrected chi connectivity index (χ3v) is 7.56. The monoisotopic (exact) mass is 435 g/mol. The molecule has 0 radical (unpaired) electrons. The van der Waals surface area contributed by atoms with Crippen LogP contribution in [0.2, 0.25) is 0 Å². The summed E-state index contributed by atoms with van der Waals surface area (Å²) in [5.74, 6) is 0.741. The highest BCUT2D eigenvalue weighted by molar-refractivity contribution is 5.95. The van der Waals surface area contributed by atoms with Crippen LogP contribution < -0.4 is 5.32 Å². The number of carbonyl (C=O) groups excluding carboxylic acids is 1. The van der Waals surface area contributed by atoms with E-state index in [1.807, 2.05) is 0 Å². The molecule has 0 atom stereocenters. The smallest absolute Gasteiger partial charge is 0.254 e. The lowest BCUT2D eigenvalue weighted by atomic mass is 9.67. The summed E-state index contributed by atoms with van der Waals surface area (Å²) in [6.45, 7) is 21.0. The summed E-state index contributed by atoms with van der Waals surface area (Å²) in [5.41, 5.74) is 5.97. The van der Waals surface area contributed by atoms with Crippen LogP contribution in [0.3, 0.4) is 0 Å². The van der Waals surface area contributed by atoms with Gasteiger partial charge in [-0.2, -0.15) is 0 Å². The normalized spacial score (nSPS) is 18.5. The maximum Gasteiger partial charge on any atom is 0.254 e. The Morgan fingerprint density at radius 3 is 2.44 bits per heavy atom. The van der Waals surface area contributed by atoms with Gasteiger partial charge in [0, 0.05) is 42.9 Å². The second-order valence-electron chi connectivity index (χ2n) is 9.57. The Balaban J connectivity index is 1.66. The molecule has 2 aliphatic heterocycles. The van der Waals surface area contributed by atoms with E-state index >= 15 is 0 Å². The highest BCUT2D eigenvalue weighted by Crippen LogP contribution is 2.42. The molecular weight excluding hydrogens is 394 g/mol. The maximum absolute atomic E-state index is 13.1. The van der Waals surface area contributed by atoms with Gasteiger partial charge in [0.1, 0.15) is 5.82 Å². The van der Waals surface area contributed by atoms with E-state index in [1.54, 1.807) is 0 Å². The van der Waals surface area contributed by atoms with E-state index in [-0.39, 0.29) is 11.3 Å². The standard InChI is InChI=1S/C28H41N3O/c1-7-8-17-30-18-11-13-25(23(30)5)27(32)29-24(6)31-19-15-28(16-20-31,21(2)3)26-14-10-9-12-22(26)4/h9-10,12,14H,2,6-8,11,13,15-20H2,1,3-5H3,(H,29,32). The summed E-state index contributed by atoms with van der Waals surface area (Å²) in [5, 5.41) is 3.12. The third kappa shape index (κ3) is 4.95. The molecule has 0 bridgehead atoms. The summed E-state index contributed by atoms with van der Waals surface area (Å²) in [4.78, 5) is 17.7. The summed E-state index contributed by atoms with van der Waals surface area (Å²) < 4.78 is 0. The minimum atomic E-state index is -0.00556. The lowest BCUT2D eigenvalue weighted by Crippen LogP contribution is -2.46. The average molecular weight is 436 g/mol. The Hall–Kier alpha value is -2.49. The quantitative estimate of drug-likeness (QED) is 0.535. The SMILES string of the molecule is C=C(NC(=O)C1=C(C)N(CCCC)CCC1)N1CCC(C(=C)C)(c2ccccc2C)CC1. The number of carbonyl (C=O) groups is 1. The average Bonchev–Trinajstić information content (AvgIpc) is 2.78. The zero-order valence-electron chi connectivity index (χ0n) is 20.6. The number of amides is 1. The topological polar surface area (TPSA) is 35.6 Å². The fraction of sp³-hybridized carbons (Fsp3) is 0.536. The molecule has 2 heterocycles. The van der Waals surface area contributed by atoms with Crippen molar-refractivity contribution in [3.8, 4) is 0 Å². The van der Waals surface area contributed by atoms with Crippen LogP contribution in [-0.4, -0.2) is 41.9 Å². The van der Waals surface area contributed by atoms with Crippen LogP contribution in [0.15, 0.2) is 60.1 Å². The van der Waals surface area contributed by atoms with Crippen LogP contribution in [0, 0.1) is 6.92 Å². The molecule has 1 aromatic carbocycles. The van der Waals surface area contributed by atoms with Crippen LogP contribution >= 0.6 is 0 Å². The molecular formula is C28H41N3O. The van der Waals surface area contributed by atoms with Crippen LogP contribution in [0.4, 0.5) is 0 Å². The van der Waals surface area contributed by atoms with Crippen molar-refractivity contribution in [1.29, 1.82) is 0 Å². The third-order valence-electron chi connectivity index (χ3n) is 7.56. The minimum absolute atomic E-state index is 0.00556. The summed E-state index contributed by atoms with van der Waals surface area (Å²) in [6, 6.07) is 8.67. The molecule has 0 unspecified atom stereocenters. The van der Waals surface area contributed by atoms with Gasteiger partial charge in [-0.1, -0.05) is 56.3 Å². The number of hydrogen-bond acceptors (Lipinski definition) is 3. The van der Waals surface area contributed by atoms with E-state index in [0.717, 1.165) is 75.4 Å². The number of nitrogens with one attached hydrogen (secondary N) is 1. The zero-order valence-corrected chi connectivity index (χ0v) is 20.6. The van der Waals surface area contributed by atoms with Crippen molar-refractivity contribution in [3.05, 3.63) is 71.2 Å². The van der Waals surface area contributed by atoms with E-state index < -0.39 is 0 Å². The van der Waals surface area contributed by atoms with Gasteiger partial charge in [0.25, 0.3) is 5.91 Å². The summed E-state index contributed by atoms with van der Waals surface area (Å²) >= 11 is 0. The number of benzene rings is 1. The number of hydrogen-bond donors (Lipinski definition) is 1. The molecule has 0 aromatic heterocycles. The van der Waals surface area contributed by atoms with E-state index in [1.165, 1.54) is 23.1 Å². The minimum Gasteiger partial charge on any atom is -0.375 e. The Morgan fingerprint density at radius 2 is 1.81 bits per heavy atom. The predicted molar refractivity (Wildman–Crippen MR) is 134 cm³/mol. The van der Waals surface area contributed by atoms with Crippen molar-refractivity contribution in [1.82, 2.24) is 15.1 Å². The largest absolute Gasteiger partial charge is 0.375 e. The first-order valence-corrected chi connectivity index (χ1v) is 12.2.